The number of methoxy groups -OCH3 is 2. The summed E-state index contributed by atoms with van der Waals surface area (Å²) in [5, 5.41) is 16.8. The minimum absolute atomic E-state index is 0.0434. The lowest BCUT2D eigenvalue weighted by Crippen LogP contribution is -2.45. The van der Waals surface area contributed by atoms with Gasteiger partial charge in [-0.25, -0.2) is 0 Å². The van der Waals surface area contributed by atoms with Gasteiger partial charge in [0.15, 0.2) is 11.5 Å². The van der Waals surface area contributed by atoms with Crippen LogP contribution in [0.25, 0.3) is 0 Å². The van der Waals surface area contributed by atoms with Crippen molar-refractivity contribution in [1.29, 1.82) is 0 Å². The summed E-state index contributed by atoms with van der Waals surface area (Å²) in [7, 11) is 3.30. The highest BCUT2D eigenvalue weighted by Crippen LogP contribution is 2.32. The number of hydrogen-bond donors (Lipinski definition) is 4. The number of nitrogens with one attached hydrogen (secondary N) is 2. The summed E-state index contributed by atoms with van der Waals surface area (Å²) in [6.45, 7) is 9.85. The molecule has 1 unspecified atom stereocenters. The predicted molar refractivity (Wildman–Crippen MR) is 156 cm³/mol. The fraction of sp³-hybridized carbons (Fsp3) is 0.724. The van der Waals surface area contributed by atoms with E-state index in [2.05, 4.69) is 24.5 Å². The van der Waals surface area contributed by atoms with Crippen molar-refractivity contribution >= 4 is 22.9 Å². The zero-order chi connectivity index (χ0) is 28.9. The third-order valence-corrected chi connectivity index (χ3v) is 8.33. The van der Waals surface area contributed by atoms with Crippen LogP contribution >= 0.6 is 11.8 Å². The molecule has 1 aliphatic rings. The monoisotopic (exact) mass is 567 g/mol. The third kappa shape index (κ3) is 11.2. The number of benzene rings is 1. The van der Waals surface area contributed by atoms with Crippen LogP contribution in [0.5, 0.6) is 11.5 Å². The normalized spacial score (nSPS) is 18.5. The molecule has 0 aromatic heterocycles. The fourth-order valence-corrected chi connectivity index (χ4v) is 5.56. The predicted octanol–water partition coefficient (Wildman–Crippen LogP) is 3.61. The molecule has 0 spiro atoms. The molecule has 1 fully saturated rings. The van der Waals surface area contributed by atoms with Crippen molar-refractivity contribution in [1.82, 2.24) is 10.6 Å². The van der Waals surface area contributed by atoms with E-state index in [1.165, 1.54) is 11.8 Å². The summed E-state index contributed by atoms with van der Waals surface area (Å²) in [5.74, 6) is 2.19. The van der Waals surface area contributed by atoms with E-state index in [0.717, 1.165) is 18.4 Å². The number of carbonyl (C=O) groups is 2. The second-order valence-electron chi connectivity index (χ2n) is 11.1. The molecule has 2 amide bonds. The quantitative estimate of drug-likeness (QED) is 0.198. The Bertz CT molecular complexity index is 900. The average molecular weight is 568 g/mol. The molecule has 1 aromatic carbocycles. The topological polar surface area (TPSA) is 132 Å². The largest absolute Gasteiger partial charge is 0.493 e. The van der Waals surface area contributed by atoms with Gasteiger partial charge >= 0.3 is 0 Å². The van der Waals surface area contributed by atoms with Crippen molar-refractivity contribution in [2.45, 2.75) is 71.6 Å². The number of rotatable bonds is 18. The summed E-state index contributed by atoms with van der Waals surface area (Å²) in [6.07, 6.45) is 1.70. The first-order valence-corrected chi connectivity index (χ1v) is 15.0. The number of ether oxygens (including phenoxy) is 3. The Balaban J connectivity index is 1.97. The number of thioether (sulfide) groups is 1. The van der Waals surface area contributed by atoms with Crippen LogP contribution in [0.2, 0.25) is 0 Å². The first-order valence-electron chi connectivity index (χ1n) is 14.0. The highest BCUT2D eigenvalue weighted by Gasteiger charge is 2.31. The Morgan fingerprint density at radius 1 is 1.15 bits per heavy atom. The number of amides is 2. The molecule has 39 heavy (non-hydrogen) atoms. The molecule has 0 aliphatic carbocycles. The molecule has 10 heteroatoms. The van der Waals surface area contributed by atoms with Crippen molar-refractivity contribution in [2.24, 2.45) is 29.4 Å². The van der Waals surface area contributed by atoms with E-state index >= 15 is 0 Å². The molecule has 0 saturated carbocycles. The molecule has 222 valence electrons. The molecule has 1 aromatic rings. The maximum absolute atomic E-state index is 12.9. The Morgan fingerprint density at radius 3 is 2.49 bits per heavy atom. The number of aliphatic hydroxyl groups excluding tert-OH is 1. The van der Waals surface area contributed by atoms with Crippen molar-refractivity contribution in [3.63, 3.8) is 0 Å². The smallest absolute Gasteiger partial charge is 0.279 e. The first-order chi connectivity index (χ1) is 18.5. The van der Waals surface area contributed by atoms with Crippen LogP contribution in [0.15, 0.2) is 18.2 Å². The van der Waals surface area contributed by atoms with Crippen LogP contribution in [0, 0.1) is 23.7 Å². The van der Waals surface area contributed by atoms with Crippen LogP contribution in [0.4, 0.5) is 4.79 Å². The van der Waals surface area contributed by atoms with Gasteiger partial charge in [-0.3, -0.25) is 9.59 Å². The van der Waals surface area contributed by atoms with Crippen LogP contribution in [0.1, 0.15) is 52.5 Å². The number of nitrogens with two attached hydrogens (primary N) is 1. The molecular weight excluding hydrogens is 518 g/mol. The summed E-state index contributed by atoms with van der Waals surface area (Å²) in [4.78, 5) is 24.3. The average Bonchev–Trinajstić information content (AvgIpc) is 3.32. The highest BCUT2D eigenvalue weighted by molar-refractivity contribution is 8.13. The van der Waals surface area contributed by atoms with Gasteiger partial charge in [0.25, 0.3) is 5.24 Å². The standard InChI is InChI=1S/C29H49N3O6S/c1-18(2)21(12-20-8-9-26(37-6)27(13-20)38-11-7-10-36-5)14-24(30)25(33)15-23(19(3)4)28(34)31-16-22-17-39-29(35)32-22/h8-9,13,18-19,21-25,33H,7,10-12,14-17,30H2,1-6H3,(H,31,34)(H,32,35)/t21-,22?,23-,24-,25-/m0/s1. The van der Waals surface area contributed by atoms with Crippen LogP contribution in [-0.2, 0) is 16.0 Å². The Morgan fingerprint density at radius 2 is 1.90 bits per heavy atom. The zero-order valence-corrected chi connectivity index (χ0v) is 25.2. The molecule has 2 rings (SSSR count). The van der Waals surface area contributed by atoms with E-state index in [1.807, 2.05) is 32.0 Å². The number of carbonyl (C=O) groups excluding carboxylic acids is 2. The molecule has 5 atom stereocenters. The summed E-state index contributed by atoms with van der Waals surface area (Å²) in [6, 6.07) is 5.47. The van der Waals surface area contributed by atoms with Gasteiger partial charge in [0.1, 0.15) is 0 Å². The van der Waals surface area contributed by atoms with Gasteiger partial charge in [0.2, 0.25) is 5.91 Å². The molecule has 9 nitrogen and oxygen atoms in total. The van der Waals surface area contributed by atoms with Gasteiger partial charge in [-0.1, -0.05) is 45.5 Å². The van der Waals surface area contributed by atoms with Crippen molar-refractivity contribution in [2.75, 3.05) is 39.7 Å². The van der Waals surface area contributed by atoms with E-state index < -0.39 is 12.1 Å². The Hall–Kier alpha value is -2.01. The fourth-order valence-electron chi connectivity index (χ4n) is 4.75. The van der Waals surface area contributed by atoms with Gasteiger partial charge in [-0.05, 0) is 54.7 Å². The molecular formula is C29H49N3O6S. The van der Waals surface area contributed by atoms with Crippen LogP contribution in [0.3, 0.4) is 0 Å². The first kappa shape index (κ1) is 33.2. The van der Waals surface area contributed by atoms with Crippen LogP contribution < -0.4 is 25.8 Å². The molecule has 0 radical (unpaired) electrons. The zero-order valence-electron chi connectivity index (χ0n) is 24.4. The maximum Gasteiger partial charge on any atom is 0.279 e. The summed E-state index contributed by atoms with van der Waals surface area (Å²) in [5.41, 5.74) is 7.65. The van der Waals surface area contributed by atoms with Gasteiger partial charge in [-0.15, -0.1) is 0 Å². The van der Waals surface area contributed by atoms with E-state index in [4.69, 9.17) is 19.9 Å². The molecule has 5 N–H and O–H groups in total. The maximum atomic E-state index is 12.9. The summed E-state index contributed by atoms with van der Waals surface area (Å²) >= 11 is 1.23. The lowest BCUT2D eigenvalue weighted by Gasteiger charge is -2.30. The second-order valence-corrected chi connectivity index (χ2v) is 12.1. The third-order valence-electron chi connectivity index (χ3n) is 7.39. The lowest BCUT2D eigenvalue weighted by molar-refractivity contribution is -0.127. The molecule has 1 saturated heterocycles. The molecule has 0 bridgehead atoms. The molecule has 1 heterocycles. The Labute approximate surface area is 238 Å². The Kier molecular flexibility index (Phi) is 14.4. The van der Waals surface area contributed by atoms with Crippen LogP contribution in [-0.4, -0.2) is 74.2 Å². The van der Waals surface area contributed by atoms with Gasteiger partial charge < -0.3 is 35.7 Å². The lowest BCUT2D eigenvalue weighted by atomic mass is 9.81. The number of hydrogen-bond acceptors (Lipinski definition) is 8. The van der Waals surface area contributed by atoms with Gasteiger partial charge in [0, 0.05) is 44.4 Å². The minimum atomic E-state index is -0.804. The van der Waals surface area contributed by atoms with Crippen molar-refractivity contribution in [3.8, 4) is 11.5 Å². The van der Waals surface area contributed by atoms with Crippen molar-refractivity contribution in [3.05, 3.63) is 23.8 Å². The second kappa shape index (κ2) is 16.9. The summed E-state index contributed by atoms with van der Waals surface area (Å²) < 4.78 is 16.5. The van der Waals surface area contributed by atoms with Gasteiger partial charge in [-0.2, -0.15) is 0 Å². The SMILES string of the molecule is COCCCOc1cc(C[C@@H](C[C@H](N)[C@@H](O)C[C@H](C(=O)NCC2CSC(=O)N2)C(C)C)C(C)C)ccc1OC. The minimum Gasteiger partial charge on any atom is -0.493 e. The van der Waals surface area contributed by atoms with E-state index in [1.54, 1.807) is 14.2 Å². The van der Waals surface area contributed by atoms with E-state index in [-0.39, 0.29) is 34.9 Å². The highest BCUT2D eigenvalue weighted by atomic mass is 32.2. The van der Waals surface area contributed by atoms with Crippen molar-refractivity contribution < 1.29 is 28.9 Å². The van der Waals surface area contributed by atoms with Gasteiger partial charge in [0.05, 0.1) is 25.9 Å². The van der Waals surface area contributed by atoms with E-state index in [0.29, 0.717) is 55.8 Å². The number of aliphatic hydroxyl groups is 1. The van der Waals surface area contributed by atoms with E-state index in [9.17, 15) is 14.7 Å². The molecule has 1 aliphatic heterocycles.